The molecular formula is C25H32FN7. The summed E-state index contributed by atoms with van der Waals surface area (Å²) in [6.45, 7) is 10.8. The summed E-state index contributed by atoms with van der Waals surface area (Å²) in [6.07, 6.45) is 7.18. The second-order valence-corrected chi connectivity index (χ2v) is 9.78. The van der Waals surface area contributed by atoms with Crippen molar-refractivity contribution in [3.63, 3.8) is 0 Å². The van der Waals surface area contributed by atoms with Gasteiger partial charge in [0.05, 0.1) is 12.6 Å². The molecule has 5 rings (SSSR count). The van der Waals surface area contributed by atoms with Crippen molar-refractivity contribution in [3.8, 4) is 0 Å². The number of halogens is 1. The van der Waals surface area contributed by atoms with Crippen molar-refractivity contribution in [3.05, 3.63) is 36.3 Å². The first kappa shape index (κ1) is 21.8. The van der Waals surface area contributed by atoms with Crippen LogP contribution in [0, 0.1) is 5.92 Å². The molecule has 2 unspecified atom stereocenters. The first-order valence-corrected chi connectivity index (χ1v) is 11.9. The van der Waals surface area contributed by atoms with Crippen molar-refractivity contribution < 1.29 is 4.39 Å². The van der Waals surface area contributed by atoms with Gasteiger partial charge in [-0.25, -0.2) is 19.3 Å². The fraction of sp³-hybridized carbons (Fsp3) is 0.520. The van der Waals surface area contributed by atoms with Crippen LogP contribution >= 0.6 is 0 Å². The highest BCUT2D eigenvalue weighted by Crippen LogP contribution is 2.36. The summed E-state index contributed by atoms with van der Waals surface area (Å²) in [5.41, 5.74) is 1.15. The van der Waals surface area contributed by atoms with Crippen LogP contribution in [-0.2, 0) is 0 Å². The van der Waals surface area contributed by atoms with Crippen LogP contribution in [0.3, 0.4) is 0 Å². The van der Waals surface area contributed by atoms with Gasteiger partial charge in [0.25, 0.3) is 0 Å². The summed E-state index contributed by atoms with van der Waals surface area (Å²) in [5.74, 6) is 3.96. The fourth-order valence-electron chi connectivity index (χ4n) is 4.82. The Bertz CT molecular complexity index is 1150. The molecule has 0 aliphatic carbocycles. The number of rotatable bonds is 5. The first-order valence-electron chi connectivity index (χ1n) is 11.9. The number of nitrogens with one attached hydrogen (secondary N) is 1. The second-order valence-electron chi connectivity index (χ2n) is 9.78. The monoisotopic (exact) mass is 449 g/mol. The Kier molecular flexibility index (Phi) is 5.76. The quantitative estimate of drug-likeness (QED) is 0.583. The lowest BCUT2D eigenvalue weighted by molar-refractivity contribution is 0.212. The van der Waals surface area contributed by atoms with Crippen LogP contribution < -0.4 is 15.1 Å². The molecule has 3 atom stereocenters. The smallest absolute Gasteiger partial charge is 0.227 e. The minimum Gasteiger partial charge on any atom is -0.347 e. The van der Waals surface area contributed by atoms with Gasteiger partial charge >= 0.3 is 0 Å². The van der Waals surface area contributed by atoms with E-state index >= 15 is 0 Å². The summed E-state index contributed by atoms with van der Waals surface area (Å²) < 4.78 is 13.8. The zero-order chi connectivity index (χ0) is 23.1. The number of nitrogens with zero attached hydrogens (tertiary/aromatic N) is 6. The van der Waals surface area contributed by atoms with E-state index in [1.807, 2.05) is 30.3 Å². The zero-order valence-electron chi connectivity index (χ0n) is 19.8. The molecule has 0 spiro atoms. The summed E-state index contributed by atoms with van der Waals surface area (Å²) >= 11 is 0. The number of anilines is 4. The van der Waals surface area contributed by atoms with Gasteiger partial charge in [-0.15, -0.1) is 0 Å². The van der Waals surface area contributed by atoms with E-state index in [1.54, 1.807) is 6.20 Å². The van der Waals surface area contributed by atoms with Gasteiger partial charge in [0.2, 0.25) is 5.95 Å². The Hall–Kier alpha value is -3.03. The number of pyridine rings is 2. The van der Waals surface area contributed by atoms with Gasteiger partial charge in [-0.3, -0.25) is 0 Å². The van der Waals surface area contributed by atoms with Gasteiger partial charge < -0.3 is 15.1 Å². The number of alkyl halides is 1. The SMILES string of the molecule is CC1CCCN(c2nccc(Nc3cc4c(C(C)C)cnc(N5C[C@@H](F)C5C)c4cn3)n2)C1. The van der Waals surface area contributed by atoms with Gasteiger partial charge in [-0.05, 0) is 54.7 Å². The maximum atomic E-state index is 13.8. The number of hydrogen-bond acceptors (Lipinski definition) is 7. The molecule has 0 bridgehead atoms. The molecule has 5 heterocycles. The molecule has 2 aliphatic rings. The van der Waals surface area contributed by atoms with Crippen LogP contribution in [-0.4, -0.2) is 51.8 Å². The Morgan fingerprint density at radius 2 is 1.91 bits per heavy atom. The van der Waals surface area contributed by atoms with E-state index < -0.39 is 6.17 Å². The lowest BCUT2D eigenvalue weighted by atomic mass is 9.97. The molecule has 33 heavy (non-hydrogen) atoms. The highest BCUT2D eigenvalue weighted by molar-refractivity contribution is 5.96. The van der Waals surface area contributed by atoms with Gasteiger partial charge in [0.15, 0.2) is 0 Å². The summed E-state index contributed by atoms with van der Waals surface area (Å²) in [5, 5.41) is 5.40. The van der Waals surface area contributed by atoms with Crippen LogP contribution in [0.25, 0.3) is 10.8 Å². The lowest BCUT2D eigenvalue weighted by Crippen LogP contribution is -2.57. The second kappa shape index (κ2) is 8.72. The highest BCUT2D eigenvalue weighted by Gasteiger charge is 2.37. The summed E-state index contributed by atoms with van der Waals surface area (Å²) in [6, 6.07) is 3.76. The van der Waals surface area contributed by atoms with Crippen molar-refractivity contribution in [1.29, 1.82) is 0 Å². The minimum atomic E-state index is -0.810. The largest absolute Gasteiger partial charge is 0.347 e. The third kappa shape index (κ3) is 4.18. The van der Waals surface area contributed by atoms with E-state index in [0.29, 0.717) is 18.4 Å². The van der Waals surface area contributed by atoms with Crippen LogP contribution in [0.2, 0.25) is 0 Å². The van der Waals surface area contributed by atoms with Gasteiger partial charge in [-0.2, -0.15) is 4.98 Å². The molecule has 0 saturated carbocycles. The maximum absolute atomic E-state index is 13.8. The number of piperidine rings is 1. The predicted molar refractivity (Wildman–Crippen MR) is 131 cm³/mol. The molecule has 2 saturated heterocycles. The van der Waals surface area contributed by atoms with Gasteiger partial charge in [0.1, 0.15) is 23.6 Å². The van der Waals surface area contributed by atoms with Crippen LogP contribution in [0.4, 0.5) is 27.8 Å². The Morgan fingerprint density at radius 1 is 1.06 bits per heavy atom. The molecule has 1 N–H and O–H groups in total. The van der Waals surface area contributed by atoms with Crippen molar-refractivity contribution >= 4 is 34.2 Å². The van der Waals surface area contributed by atoms with Crippen LogP contribution in [0.5, 0.6) is 0 Å². The number of hydrogen-bond donors (Lipinski definition) is 1. The molecule has 0 radical (unpaired) electrons. The molecule has 3 aromatic heterocycles. The molecule has 7 nitrogen and oxygen atoms in total. The van der Waals surface area contributed by atoms with E-state index in [1.165, 1.54) is 12.8 Å². The van der Waals surface area contributed by atoms with Gasteiger partial charge in [-0.1, -0.05) is 20.8 Å². The number of aromatic nitrogens is 4. The fourth-order valence-corrected chi connectivity index (χ4v) is 4.82. The normalized spacial score (nSPS) is 23.2. The summed E-state index contributed by atoms with van der Waals surface area (Å²) in [4.78, 5) is 22.9. The Morgan fingerprint density at radius 3 is 2.64 bits per heavy atom. The van der Waals surface area contributed by atoms with Crippen LogP contribution in [0.1, 0.15) is 52.0 Å². The molecular weight excluding hydrogens is 417 g/mol. The molecule has 3 aromatic rings. The van der Waals surface area contributed by atoms with E-state index in [-0.39, 0.29) is 6.04 Å². The van der Waals surface area contributed by atoms with E-state index in [9.17, 15) is 4.39 Å². The minimum absolute atomic E-state index is 0.166. The lowest BCUT2D eigenvalue weighted by Gasteiger charge is -2.43. The molecule has 2 aliphatic heterocycles. The topological polar surface area (TPSA) is 70.1 Å². The molecule has 2 fully saturated rings. The molecule has 174 valence electrons. The average molecular weight is 450 g/mol. The third-order valence-corrected chi connectivity index (χ3v) is 6.90. The van der Waals surface area contributed by atoms with E-state index in [4.69, 9.17) is 9.97 Å². The predicted octanol–water partition coefficient (Wildman–Crippen LogP) is 5.07. The molecule has 8 heteroatoms. The van der Waals surface area contributed by atoms with Crippen molar-refractivity contribution in [2.45, 2.75) is 58.7 Å². The average Bonchev–Trinajstić information content (AvgIpc) is 2.81. The zero-order valence-corrected chi connectivity index (χ0v) is 19.8. The van der Waals surface area contributed by atoms with Crippen molar-refractivity contribution in [1.82, 2.24) is 19.9 Å². The highest BCUT2D eigenvalue weighted by atomic mass is 19.1. The molecule has 0 aromatic carbocycles. The van der Waals surface area contributed by atoms with Crippen molar-refractivity contribution in [2.75, 3.05) is 34.8 Å². The standard InChI is InChI=1S/C25H32FN7/c1-15(2)19-11-29-24(33-14-21(26)17(33)4)20-12-28-23(10-18(19)20)30-22-7-8-27-25(31-22)32-9-5-6-16(3)13-32/h7-8,10-12,15-17,21H,5-6,9,13-14H2,1-4H3,(H,27,28,30,31)/t16?,17?,21-/m1/s1. The first-order chi connectivity index (χ1) is 15.9. The Labute approximate surface area is 194 Å². The van der Waals surface area contributed by atoms with E-state index in [0.717, 1.165) is 52.8 Å². The van der Waals surface area contributed by atoms with E-state index in [2.05, 4.69) is 47.0 Å². The van der Waals surface area contributed by atoms with Gasteiger partial charge in [0, 0.05) is 37.1 Å². The molecule has 0 amide bonds. The Balaban J connectivity index is 1.46. The maximum Gasteiger partial charge on any atom is 0.227 e. The third-order valence-electron chi connectivity index (χ3n) is 6.90. The van der Waals surface area contributed by atoms with Crippen LogP contribution in [0.15, 0.2) is 30.7 Å². The summed E-state index contributed by atoms with van der Waals surface area (Å²) in [7, 11) is 0. The number of fused-ring (bicyclic) bond motifs is 1. The van der Waals surface area contributed by atoms with Crippen molar-refractivity contribution in [2.24, 2.45) is 5.92 Å².